The van der Waals surface area contributed by atoms with Gasteiger partial charge in [-0.25, -0.2) is 18.7 Å². The molecule has 0 atom stereocenters. The molecule has 0 radical (unpaired) electrons. The maximum atomic E-state index is 13.6. The van der Waals surface area contributed by atoms with Gasteiger partial charge >= 0.3 is 11.7 Å². The van der Waals surface area contributed by atoms with Crippen LogP contribution < -0.4 is 5.69 Å². The summed E-state index contributed by atoms with van der Waals surface area (Å²) >= 11 is 0. The summed E-state index contributed by atoms with van der Waals surface area (Å²) in [6.07, 6.45) is 1.33. The first-order chi connectivity index (χ1) is 8.49. The molecule has 6 nitrogen and oxygen atoms in total. The summed E-state index contributed by atoms with van der Waals surface area (Å²) in [7, 11) is 1.54. The fourth-order valence-electron chi connectivity index (χ4n) is 1.50. The highest BCUT2D eigenvalue weighted by Crippen LogP contribution is 2.11. The maximum absolute atomic E-state index is 13.6. The van der Waals surface area contributed by atoms with Crippen LogP contribution in [0.1, 0.15) is 15.9 Å². The zero-order chi connectivity index (χ0) is 13.3. The number of hydrogen-bond acceptors (Lipinski definition) is 3. The van der Waals surface area contributed by atoms with Gasteiger partial charge in [0.2, 0.25) is 0 Å². The Morgan fingerprint density at radius 2 is 2.22 bits per heavy atom. The van der Waals surface area contributed by atoms with Crippen molar-refractivity contribution in [2.45, 2.75) is 6.54 Å². The molecule has 0 bridgehead atoms. The Morgan fingerprint density at radius 1 is 1.50 bits per heavy atom. The number of nitrogens with zero attached hydrogens (tertiary/aromatic N) is 3. The first kappa shape index (κ1) is 12.0. The van der Waals surface area contributed by atoms with Crippen molar-refractivity contribution in [3.05, 3.63) is 52.0 Å². The fourth-order valence-corrected chi connectivity index (χ4v) is 1.50. The quantitative estimate of drug-likeness (QED) is 0.860. The number of carbonyl (C=O) groups is 1. The van der Waals surface area contributed by atoms with Gasteiger partial charge in [0, 0.05) is 12.6 Å². The largest absolute Gasteiger partial charge is 0.478 e. The number of rotatable bonds is 3. The van der Waals surface area contributed by atoms with Gasteiger partial charge in [0.15, 0.2) is 0 Å². The monoisotopic (exact) mass is 251 g/mol. The lowest BCUT2D eigenvalue weighted by atomic mass is 10.1. The Labute approximate surface area is 101 Å². The molecule has 94 valence electrons. The molecule has 18 heavy (non-hydrogen) atoms. The molecule has 0 fully saturated rings. The summed E-state index contributed by atoms with van der Waals surface area (Å²) in [6.45, 7) is -0.0363. The van der Waals surface area contributed by atoms with Crippen molar-refractivity contribution in [3.8, 4) is 0 Å². The van der Waals surface area contributed by atoms with Crippen molar-refractivity contribution in [2.24, 2.45) is 7.05 Å². The van der Waals surface area contributed by atoms with E-state index in [0.29, 0.717) is 0 Å². The molecular formula is C11H10FN3O3. The molecule has 0 amide bonds. The second kappa shape index (κ2) is 4.44. The smallest absolute Gasteiger partial charge is 0.345 e. The van der Waals surface area contributed by atoms with E-state index in [1.807, 2.05) is 0 Å². The second-order valence-electron chi connectivity index (χ2n) is 3.79. The zero-order valence-electron chi connectivity index (χ0n) is 9.50. The molecule has 1 aromatic heterocycles. The number of aryl methyl sites for hydroxylation is 1. The first-order valence-electron chi connectivity index (χ1n) is 5.09. The van der Waals surface area contributed by atoms with Gasteiger partial charge in [-0.3, -0.25) is 4.57 Å². The highest BCUT2D eigenvalue weighted by atomic mass is 19.1. The third-order valence-electron chi connectivity index (χ3n) is 2.51. The molecule has 0 saturated heterocycles. The van der Waals surface area contributed by atoms with Gasteiger partial charge in [-0.1, -0.05) is 6.07 Å². The lowest BCUT2D eigenvalue weighted by Gasteiger charge is -2.03. The summed E-state index contributed by atoms with van der Waals surface area (Å²) in [4.78, 5) is 22.1. The lowest BCUT2D eigenvalue weighted by molar-refractivity contribution is 0.0696. The number of aromatic carboxylic acids is 1. The van der Waals surface area contributed by atoms with Crippen molar-refractivity contribution in [3.63, 3.8) is 0 Å². The van der Waals surface area contributed by atoms with Crippen LogP contribution in [0.25, 0.3) is 0 Å². The van der Waals surface area contributed by atoms with Crippen molar-refractivity contribution in [1.82, 2.24) is 14.3 Å². The molecule has 1 aromatic carbocycles. The average Bonchev–Trinajstić information content (AvgIpc) is 2.63. The van der Waals surface area contributed by atoms with E-state index < -0.39 is 11.8 Å². The van der Waals surface area contributed by atoms with Crippen LogP contribution in [0.5, 0.6) is 0 Å². The normalized spacial score (nSPS) is 10.6. The van der Waals surface area contributed by atoms with Gasteiger partial charge in [-0.05, 0) is 12.1 Å². The molecule has 7 heteroatoms. The predicted octanol–water partition coefficient (Wildman–Crippen LogP) is 0.467. The van der Waals surface area contributed by atoms with E-state index in [0.717, 1.165) is 10.7 Å². The van der Waals surface area contributed by atoms with E-state index in [-0.39, 0.29) is 23.4 Å². The highest BCUT2D eigenvalue weighted by molar-refractivity contribution is 5.87. The topological polar surface area (TPSA) is 77.1 Å². The van der Waals surface area contributed by atoms with Gasteiger partial charge in [0.1, 0.15) is 12.1 Å². The van der Waals surface area contributed by atoms with Crippen LogP contribution in [0, 0.1) is 5.82 Å². The molecule has 0 aliphatic heterocycles. The highest BCUT2D eigenvalue weighted by Gasteiger charge is 2.10. The van der Waals surface area contributed by atoms with E-state index in [2.05, 4.69) is 5.10 Å². The van der Waals surface area contributed by atoms with Crippen LogP contribution in [0.2, 0.25) is 0 Å². The standard InChI is InChI=1S/C11H10FN3O3/c1-14-6-13-15(11(14)18)5-8-3-2-7(10(16)17)4-9(8)12/h2-4,6H,5H2,1H3,(H,16,17). The van der Waals surface area contributed by atoms with Gasteiger partial charge in [-0.15, -0.1) is 0 Å². The summed E-state index contributed by atoms with van der Waals surface area (Å²) in [5, 5.41) is 12.5. The molecule has 1 N–H and O–H groups in total. The number of benzene rings is 1. The molecule has 0 aliphatic carbocycles. The third-order valence-corrected chi connectivity index (χ3v) is 2.51. The minimum atomic E-state index is -1.20. The number of carboxylic acid groups (broad SMARTS) is 1. The summed E-state index contributed by atoms with van der Waals surface area (Å²) < 4.78 is 16.0. The van der Waals surface area contributed by atoms with Crippen LogP contribution in [-0.4, -0.2) is 25.4 Å². The van der Waals surface area contributed by atoms with Crippen molar-refractivity contribution in [2.75, 3.05) is 0 Å². The van der Waals surface area contributed by atoms with Crippen LogP contribution in [0.4, 0.5) is 4.39 Å². The Morgan fingerprint density at radius 3 is 2.72 bits per heavy atom. The SMILES string of the molecule is Cn1cnn(Cc2ccc(C(=O)O)cc2F)c1=O. The Balaban J connectivity index is 2.33. The van der Waals surface area contributed by atoms with Crippen molar-refractivity contribution < 1.29 is 14.3 Å². The van der Waals surface area contributed by atoms with E-state index in [4.69, 9.17) is 5.11 Å². The lowest BCUT2D eigenvalue weighted by Crippen LogP contribution is -2.23. The molecule has 0 aliphatic rings. The van der Waals surface area contributed by atoms with E-state index >= 15 is 0 Å². The van der Waals surface area contributed by atoms with Gasteiger partial charge in [-0.2, -0.15) is 5.10 Å². The van der Waals surface area contributed by atoms with Crippen LogP contribution >= 0.6 is 0 Å². The van der Waals surface area contributed by atoms with E-state index in [1.54, 1.807) is 0 Å². The van der Waals surface area contributed by atoms with E-state index in [9.17, 15) is 14.0 Å². The minimum Gasteiger partial charge on any atom is -0.478 e. The predicted molar refractivity (Wildman–Crippen MR) is 59.9 cm³/mol. The molecule has 2 aromatic rings. The van der Waals surface area contributed by atoms with Crippen LogP contribution in [0.3, 0.4) is 0 Å². The number of aromatic nitrogens is 3. The number of carboxylic acids is 1. The summed E-state index contributed by atoms with van der Waals surface area (Å²) in [5.41, 5.74) is -0.290. The fraction of sp³-hybridized carbons (Fsp3) is 0.182. The van der Waals surface area contributed by atoms with Crippen molar-refractivity contribution >= 4 is 5.97 Å². The first-order valence-corrected chi connectivity index (χ1v) is 5.09. The van der Waals surface area contributed by atoms with Gasteiger partial charge < -0.3 is 5.11 Å². The Hall–Kier alpha value is -2.44. The third kappa shape index (κ3) is 2.15. The molecule has 0 spiro atoms. The van der Waals surface area contributed by atoms with Crippen LogP contribution in [0.15, 0.2) is 29.3 Å². The zero-order valence-corrected chi connectivity index (χ0v) is 9.50. The molecule has 0 unspecified atom stereocenters. The minimum absolute atomic E-state index is 0.0363. The Kier molecular flexibility index (Phi) is 2.97. The van der Waals surface area contributed by atoms with E-state index in [1.165, 1.54) is 30.1 Å². The van der Waals surface area contributed by atoms with Gasteiger partial charge in [0.25, 0.3) is 0 Å². The molecule has 1 heterocycles. The van der Waals surface area contributed by atoms with Crippen molar-refractivity contribution in [1.29, 1.82) is 0 Å². The maximum Gasteiger partial charge on any atom is 0.345 e. The molecule has 2 rings (SSSR count). The van der Waals surface area contributed by atoms with Crippen LogP contribution in [-0.2, 0) is 13.6 Å². The summed E-state index contributed by atoms with van der Waals surface area (Å²) in [6, 6.07) is 3.54. The average molecular weight is 251 g/mol. The second-order valence-corrected chi connectivity index (χ2v) is 3.79. The molecular weight excluding hydrogens is 241 g/mol. The number of hydrogen-bond donors (Lipinski definition) is 1. The summed E-state index contributed by atoms with van der Waals surface area (Å²) in [5.74, 6) is -1.87. The number of halogens is 1. The Bertz CT molecular complexity index is 660. The van der Waals surface area contributed by atoms with Gasteiger partial charge in [0.05, 0.1) is 12.1 Å². The molecule has 0 saturated carbocycles.